The van der Waals surface area contributed by atoms with Gasteiger partial charge in [0, 0.05) is 42.7 Å². The van der Waals surface area contributed by atoms with E-state index in [0.29, 0.717) is 23.8 Å². The van der Waals surface area contributed by atoms with E-state index in [2.05, 4.69) is 15.3 Å². The Morgan fingerprint density at radius 1 is 1.36 bits per heavy atom. The summed E-state index contributed by atoms with van der Waals surface area (Å²) in [5.74, 6) is 1.15. The van der Waals surface area contributed by atoms with E-state index in [1.807, 2.05) is 36.1 Å². The maximum Gasteiger partial charge on any atom is 0.222 e. The van der Waals surface area contributed by atoms with Gasteiger partial charge in [0.25, 0.3) is 0 Å². The Labute approximate surface area is 152 Å². The number of carbonyl (C=O) groups excluding carboxylic acids is 1. The summed E-state index contributed by atoms with van der Waals surface area (Å²) in [7, 11) is 0. The van der Waals surface area contributed by atoms with Gasteiger partial charge in [-0.1, -0.05) is 23.7 Å². The largest absolute Gasteiger partial charge is 0.370 e. The van der Waals surface area contributed by atoms with Crippen LogP contribution in [0.2, 0.25) is 5.02 Å². The van der Waals surface area contributed by atoms with Crippen molar-refractivity contribution in [3.05, 3.63) is 34.9 Å². The van der Waals surface area contributed by atoms with Gasteiger partial charge in [0.2, 0.25) is 11.9 Å². The third kappa shape index (κ3) is 4.20. The van der Waals surface area contributed by atoms with Gasteiger partial charge in [-0.05, 0) is 31.4 Å². The number of carbonyl (C=O) groups is 1. The number of hydrogen-bond donors (Lipinski definition) is 2. The highest BCUT2D eigenvalue weighted by Crippen LogP contribution is 2.28. The van der Waals surface area contributed by atoms with Crippen LogP contribution in [0, 0.1) is 6.92 Å². The molecule has 3 N–H and O–H groups in total. The molecule has 1 saturated heterocycles. The van der Waals surface area contributed by atoms with Crippen LogP contribution in [0.1, 0.15) is 24.8 Å². The third-order valence-corrected chi connectivity index (χ3v) is 4.78. The molecule has 132 valence electrons. The fourth-order valence-corrected chi connectivity index (χ4v) is 3.18. The maximum absolute atomic E-state index is 11.6. The first kappa shape index (κ1) is 17.5. The normalized spacial score (nSPS) is 14.2. The van der Waals surface area contributed by atoms with E-state index in [9.17, 15) is 4.79 Å². The second kappa shape index (κ2) is 7.70. The van der Waals surface area contributed by atoms with Crippen LogP contribution in [-0.2, 0) is 4.79 Å². The summed E-state index contributed by atoms with van der Waals surface area (Å²) in [5.41, 5.74) is 8.50. The first-order chi connectivity index (χ1) is 12.0. The van der Waals surface area contributed by atoms with Crippen molar-refractivity contribution in [1.82, 2.24) is 14.9 Å². The zero-order valence-electron chi connectivity index (χ0n) is 14.3. The minimum atomic E-state index is 0.217. The second-order valence-electron chi connectivity index (χ2n) is 6.17. The van der Waals surface area contributed by atoms with Crippen LogP contribution >= 0.6 is 11.6 Å². The Hall–Kier alpha value is -2.34. The minimum Gasteiger partial charge on any atom is -0.370 e. The number of nitrogen functional groups attached to an aromatic ring is 1. The quantitative estimate of drug-likeness (QED) is 0.774. The number of halogens is 1. The molecule has 0 aliphatic carbocycles. The lowest BCUT2D eigenvalue weighted by Gasteiger charge is -2.15. The van der Waals surface area contributed by atoms with E-state index >= 15 is 0 Å². The third-order valence-electron chi connectivity index (χ3n) is 4.37. The zero-order valence-corrected chi connectivity index (χ0v) is 15.0. The monoisotopic (exact) mass is 359 g/mol. The molecule has 25 heavy (non-hydrogen) atoms. The highest BCUT2D eigenvalue weighted by atomic mass is 35.5. The van der Waals surface area contributed by atoms with Gasteiger partial charge in [0.05, 0.1) is 5.69 Å². The van der Waals surface area contributed by atoms with E-state index in [1.165, 1.54) is 0 Å². The minimum absolute atomic E-state index is 0.217. The highest BCUT2D eigenvalue weighted by Gasteiger charge is 2.19. The fraction of sp³-hybridized carbons (Fsp3) is 0.389. The van der Waals surface area contributed by atoms with Crippen LogP contribution in [0.15, 0.2) is 24.3 Å². The standard InChI is InChI=1S/C18H22ClN5O/c1-12-13(5-2-6-14(12)19)15-11-16(23-18(20)22-15)21-8-4-10-24-9-3-7-17(24)25/h2,5-6,11H,3-4,7-10H2,1H3,(H3,20,21,22,23). The second-order valence-corrected chi connectivity index (χ2v) is 6.58. The molecule has 0 bridgehead atoms. The molecule has 2 aromatic rings. The average Bonchev–Trinajstić information content (AvgIpc) is 2.99. The molecule has 2 heterocycles. The highest BCUT2D eigenvalue weighted by molar-refractivity contribution is 6.31. The molecule has 1 aliphatic heterocycles. The number of benzene rings is 1. The van der Waals surface area contributed by atoms with Crippen molar-refractivity contribution in [3.63, 3.8) is 0 Å². The molecule has 0 unspecified atom stereocenters. The summed E-state index contributed by atoms with van der Waals surface area (Å²) < 4.78 is 0. The molecule has 1 aromatic carbocycles. The van der Waals surface area contributed by atoms with Crippen molar-refractivity contribution >= 4 is 29.3 Å². The Kier molecular flexibility index (Phi) is 5.38. The Bertz CT molecular complexity index is 780. The number of nitrogens with one attached hydrogen (secondary N) is 1. The van der Waals surface area contributed by atoms with Crippen LogP contribution in [-0.4, -0.2) is 40.4 Å². The van der Waals surface area contributed by atoms with Gasteiger partial charge in [-0.2, -0.15) is 4.98 Å². The molecule has 1 fully saturated rings. The van der Waals surface area contributed by atoms with E-state index in [-0.39, 0.29) is 11.9 Å². The van der Waals surface area contributed by atoms with Gasteiger partial charge >= 0.3 is 0 Å². The van der Waals surface area contributed by atoms with Crippen molar-refractivity contribution < 1.29 is 4.79 Å². The molecule has 1 aromatic heterocycles. The van der Waals surface area contributed by atoms with Crippen LogP contribution in [0.3, 0.4) is 0 Å². The molecule has 0 spiro atoms. The fourth-order valence-electron chi connectivity index (χ4n) is 3.01. The predicted octanol–water partition coefficient (Wildman–Crippen LogP) is 3.11. The lowest BCUT2D eigenvalue weighted by Crippen LogP contribution is -2.27. The Morgan fingerprint density at radius 2 is 2.20 bits per heavy atom. The van der Waals surface area contributed by atoms with Crippen molar-refractivity contribution in [2.45, 2.75) is 26.2 Å². The number of amides is 1. The predicted molar refractivity (Wildman–Crippen MR) is 101 cm³/mol. The molecule has 1 aliphatic rings. The molecule has 1 amide bonds. The Morgan fingerprint density at radius 3 is 2.96 bits per heavy atom. The number of aromatic nitrogens is 2. The lowest BCUT2D eigenvalue weighted by molar-refractivity contribution is -0.127. The number of anilines is 2. The first-order valence-electron chi connectivity index (χ1n) is 8.46. The van der Waals surface area contributed by atoms with Gasteiger partial charge in [0.1, 0.15) is 5.82 Å². The van der Waals surface area contributed by atoms with Crippen LogP contribution in [0.4, 0.5) is 11.8 Å². The summed E-state index contributed by atoms with van der Waals surface area (Å²) in [4.78, 5) is 22.1. The number of hydrogen-bond acceptors (Lipinski definition) is 5. The summed E-state index contributed by atoms with van der Waals surface area (Å²) in [5, 5.41) is 3.96. The van der Waals surface area contributed by atoms with Crippen LogP contribution in [0.25, 0.3) is 11.3 Å². The van der Waals surface area contributed by atoms with E-state index in [1.54, 1.807) is 0 Å². The number of nitrogens with two attached hydrogens (primary N) is 1. The maximum atomic E-state index is 11.6. The summed E-state index contributed by atoms with van der Waals surface area (Å²) in [6, 6.07) is 7.58. The molecule has 0 atom stereocenters. The molecule has 6 nitrogen and oxygen atoms in total. The van der Waals surface area contributed by atoms with Crippen molar-refractivity contribution in [2.24, 2.45) is 0 Å². The smallest absolute Gasteiger partial charge is 0.222 e. The summed E-state index contributed by atoms with van der Waals surface area (Å²) >= 11 is 6.20. The number of likely N-dealkylation sites (tertiary alicyclic amines) is 1. The van der Waals surface area contributed by atoms with Crippen LogP contribution in [0.5, 0.6) is 0 Å². The van der Waals surface area contributed by atoms with E-state index < -0.39 is 0 Å². The topological polar surface area (TPSA) is 84.1 Å². The molecule has 7 heteroatoms. The van der Waals surface area contributed by atoms with Gasteiger partial charge in [-0.25, -0.2) is 4.98 Å². The Balaban J connectivity index is 1.65. The summed E-state index contributed by atoms with van der Waals surface area (Å²) in [6.45, 7) is 4.31. The van der Waals surface area contributed by atoms with E-state index in [0.717, 1.165) is 42.8 Å². The van der Waals surface area contributed by atoms with Crippen molar-refractivity contribution in [3.8, 4) is 11.3 Å². The molecule has 0 radical (unpaired) electrons. The number of rotatable bonds is 6. The molecular formula is C18H22ClN5O. The SMILES string of the molecule is Cc1c(Cl)cccc1-c1cc(NCCCN2CCCC2=O)nc(N)n1. The van der Waals surface area contributed by atoms with Gasteiger partial charge < -0.3 is 16.0 Å². The van der Waals surface area contributed by atoms with Crippen LogP contribution < -0.4 is 11.1 Å². The average molecular weight is 360 g/mol. The molecule has 0 saturated carbocycles. The molecular weight excluding hydrogens is 338 g/mol. The van der Waals surface area contributed by atoms with Crippen molar-refractivity contribution in [2.75, 3.05) is 30.7 Å². The van der Waals surface area contributed by atoms with Gasteiger partial charge in [-0.15, -0.1) is 0 Å². The lowest BCUT2D eigenvalue weighted by atomic mass is 10.1. The number of nitrogens with zero attached hydrogens (tertiary/aromatic N) is 3. The van der Waals surface area contributed by atoms with Gasteiger partial charge in [0.15, 0.2) is 0 Å². The van der Waals surface area contributed by atoms with Crippen molar-refractivity contribution in [1.29, 1.82) is 0 Å². The van der Waals surface area contributed by atoms with Gasteiger partial charge in [-0.3, -0.25) is 4.79 Å². The summed E-state index contributed by atoms with van der Waals surface area (Å²) in [6.07, 6.45) is 2.51. The van der Waals surface area contributed by atoms with E-state index in [4.69, 9.17) is 17.3 Å². The zero-order chi connectivity index (χ0) is 17.8. The first-order valence-corrected chi connectivity index (χ1v) is 8.84. The molecule has 3 rings (SSSR count).